The summed E-state index contributed by atoms with van der Waals surface area (Å²) in [6.07, 6.45) is -3.09. The zero-order chi connectivity index (χ0) is 33.8. The molecule has 2 heterocycles. The van der Waals surface area contributed by atoms with Crippen LogP contribution in [0, 0.1) is 10.1 Å². The van der Waals surface area contributed by atoms with Crippen molar-refractivity contribution in [2.24, 2.45) is 0 Å². The maximum absolute atomic E-state index is 14.1. The van der Waals surface area contributed by atoms with Crippen LogP contribution in [0.1, 0.15) is 29.9 Å². The van der Waals surface area contributed by atoms with Gasteiger partial charge in [-0.25, -0.2) is 4.98 Å². The van der Waals surface area contributed by atoms with Crippen LogP contribution in [0.4, 0.5) is 47.7 Å². The van der Waals surface area contributed by atoms with Crippen LogP contribution >= 0.6 is 0 Å². The van der Waals surface area contributed by atoms with Gasteiger partial charge in [-0.15, -0.1) is 0 Å². The van der Waals surface area contributed by atoms with Crippen molar-refractivity contribution >= 4 is 40.4 Å². The molecule has 1 fully saturated rings. The molecule has 1 unspecified atom stereocenters. The number of hydrogen-bond acceptors (Lipinski definition) is 11. The Morgan fingerprint density at radius 2 is 1.76 bits per heavy atom. The fraction of sp³-hybridized carbons (Fsp3) is 0.433. The minimum absolute atomic E-state index is 0.00275. The molecule has 0 saturated carbocycles. The zero-order valence-corrected chi connectivity index (χ0v) is 26.4. The summed E-state index contributed by atoms with van der Waals surface area (Å²) in [5, 5.41) is 17.5. The number of carbonyl (C=O) groups excluding carboxylic acids is 1. The van der Waals surface area contributed by atoms with Crippen molar-refractivity contribution in [3.8, 4) is 11.5 Å². The van der Waals surface area contributed by atoms with Crippen LogP contribution in [0.15, 0.2) is 36.5 Å². The van der Waals surface area contributed by atoms with Gasteiger partial charge in [-0.05, 0) is 44.1 Å². The summed E-state index contributed by atoms with van der Waals surface area (Å²) in [5.74, 6) is -0.334. The number of hydrogen-bond donors (Lipinski definition) is 2. The third kappa shape index (κ3) is 7.85. The summed E-state index contributed by atoms with van der Waals surface area (Å²) < 4.78 is 53.2. The number of likely N-dealkylation sites (N-methyl/N-ethyl adjacent to an activating group) is 2. The lowest BCUT2D eigenvalue weighted by Crippen LogP contribution is -2.34. The van der Waals surface area contributed by atoms with Crippen molar-refractivity contribution < 1.29 is 32.4 Å². The van der Waals surface area contributed by atoms with Crippen LogP contribution in [0.5, 0.6) is 11.5 Å². The van der Waals surface area contributed by atoms with Gasteiger partial charge in [0, 0.05) is 58.5 Å². The van der Waals surface area contributed by atoms with E-state index in [9.17, 15) is 28.1 Å². The molecule has 13 nitrogen and oxygen atoms in total. The van der Waals surface area contributed by atoms with Crippen molar-refractivity contribution in [1.29, 1.82) is 0 Å². The highest BCUT2D eigenvalue weighted by molar-refractivity contribution is 5.79. The van der Waals surface area contributed by atoms with E-state index in [-0.39, 0.29) is 40.6 Å². The monoisotopic (exact) mass is 646 g/mol. The molecule has 46 heavy (non-hydrogen) atoms. The highest BCUT2D eigenvalue weighted by Crippen LogP contribution is 2.42. The summed E-state index contributed by atoms with van der Waals surface area (Å²) in [5.41, 5.74) is -0.108. The van der Waals surface area contributed by atoms with Gasteiger partial charge >= 0.3 is 6.18 Å². The van der Waals surface area contributed by atoms with E-state index in [0.29, 0.717) is 43.7 Å². The molecule has 1 aliphatic heterocycles. The number of benzene rings is 2. The third-order valence-electron chi connectivity index (χ3n) is 7.74. The molecule has 0 radical (unpaired) electrons. The number of ether oxygens (including phenoxy) is 2. The molecule has 0 bridgehead atoms. The smallest absolute Gasteiger partial charge is 0.421 e. The molecule has 1 amide bonds. The van der Waals surface area contributed by atoms with Crippen molar-refractivity contribution in [2.75, 3.05) is 77.6 Å². The number of alkyl halides is 3. The number of nitro groups is 1. The van der Waals surface area contributed by atoms with Gasteiger partial charge in [-0.1, -0.05) is 6.07 Å². The van der Waals surface area contributed by atoms with E-state index < -0.39 is 22.5 Å². The van der Waals surface area contributed by atoms with Gasteiger partial charge in [-0.3, -0.25) is 14.9 Å². The second-order valence-corrected chi connectivity index (χ2v) is 11.2. The van der Waals surface area contributed by atoms with Crippen LogP contribution in [-0.2, 0) is 11.0 Å². The summed E-state index contributed by atoms with van der Waals surface area (Å²) in [4.78, 5) is 36.9. The quantitative estimate of drug-likeness (QED) is 0.197. The first-order chi connectivity index (χ1) is 21.7. The standard InChI is InChI=1S/C30H37F3N8O5/c1-38(2)11-12-39(3)23-16-26(46-6)22(15-24(23)41(43)44)35-28-20(30(31,32)33)17-34-29(37-28)36-21-8-7-18(13-25(21)45-5)19-9-10-40(4)27(42)14-19/h7-8,13,15-17,19H,9-12,14H2,1-6H3,(H2,34,35,36,37). The Kier molecular flexibility index (Phi) is 10.4. The number of amides is 1. The van der Waals surface area contributed by atoms with Gasteiger partial charge in [0.1, 0.15) is 28.6 Å². The van der Waals surface area contributed by atoms with Gasteiger partial charge in [0.15, 0.2) is 0 Å². The maximum atomic E-state index is 14.1. The Morgan fingerprint density at radius 1 is 1.07 bits per heavy atom. The second-order valence-electron chi connectivity index (χ2n) is 11.2. The van der Waals surface area contributed by atoms with Crippen molar-refractivity contribution in [3.05, 3.63) is 57.8 Å². The molecule has 1 atom stereocenters. The van der Waals surface area contributed by atoms with Gasteiger partial charge in [-0.2, -0.15) is 18.2 Å². The largest absolute Gasteiger partial charge is 0.495 e. The minimum Gasteiger partial charge on any atom is -0.495 e. The molecule has 16 heteroatoms. The molecular formula is C30H37F3N8O5. The average Bonchev–Trinajstić information content (AvgIpc) is 3.00. The van der Waals surface area contributed by atoms with Crippen LogP contribution in [0.2, 0.25) is 0 Å². The molecule has 0 aliphatic carbocycles. The van der Waals surface area contributed by atoms with Crippen molar-refractivity contribution in [3.63, 3.8) is 0 Å². The predicted molar refractivity (Wildman–Crippen MR) is 168 cm³/mol. The second kappa shape index (κ2) is 14.1. The molecule has 1 saturated heterocycles. The molecule has 2 N–H and O–H groups in total. The van der Waals surface area contributed by atoms with E-state index in [2.05, 4.69) is 20.6 Å². The SMILES string of the molecule is COc1cc(C2CCN(C)C(=O)C2)ccc1Nc1ncc(C(F)(F)F)c(Nc2cc([N+](=O)[O-])c(N(C)CCN(C)C)cc2OC)n1. The van der Waals surface area contributed by atoms with E-state index in [0.717, 1.165) is 18.1 Å². The lowest BCUT2D eigenvalue weighted by atomic mass is 9.89. The number of aromatic nitrogens is 2. The summed E-state index contributed by atoms with van der Waals surface area (Å²) in [7, 11) is 9.93. The fourth-order valence-corrected chi connectivity index (χ4v) is 5.03. The lowest BCUT2D eigenvalue weighted by molar-refractivity contribution is -0.384. The first-order valence-corrected chi connectivity index (χ1v) is 14.3. The van der Waals surface area contributed by atoms with Gasteiger partial charge in [0.2, 0.25) is 11.9 Å². The predicted octanol–water partition coefficient (Wildman–Crippen LogP) is 5.24. The number of halogens is 3. The van der Waals surface area contributed by atoms with Crippen LogP contribution in [0.25, 0.3) is 0 Å². The highest BCUT2D eigenvalue weighted by Gasteiger charge is 2.36. The van der Waals surface area contributed by atoms with Gasteiger partial charge in [0.25, 0.3) is 5.69 Å². The fourth-order valence-electron chi connectivity index (χ4n) is 5.03. The van der Waals surface area contributed by atoms with E-state index in [4.69, 9.17) is 9.47 Å². The topological polar surface area (TPSA) is 138 Å². The maximum Gasteiger partial charge on any atom is 0.421 e. The Labute approximate surface area is 264 Å². The number of rotatable bonds is 12. The van der Waals surface area contributed by atoms with Crippen LogP contribution < -0.4 is 25.0 Å². The van der Waals surface area contributed by atoms with Crippen molar-refractivity contribution in [2.45, 2.75) is 24.9 Å². The first kappa shape index (κ1) is 34.0. The van der Waals surface area contributed by atoms with Crippen LogP contribution in [-0.4, -0.2) is 92.6 Å². The number of anilines is 5. The molecule has 248 valence electrons. The van der Waals surface area contributed by atoms with Gasteiger partial charge < -0.3 is 34.8 Å². The van der Waals surface area contributed by atoms with E-state index >= 15 is 0 Å². The third-order valence-corrected chi connectivity index (χ3v) is 7.74. The Bertz CT molecular complexity index is 1590. The minimum atomic E-state index is -4.85. The molecule has 2 aromatic carbocycles. The molecule has 1 aliphatic rings. The molecule has 3 aromatic rings. The number of likely N-dealkylation sites (tertiary alicyclic amines) is 1. The molecule has 1 aromatic heterocycles. The van der Waals surface area contributed by atoms with Crippen LogP contribution in [0.3, 0.4) is 0 Å². The number of methoxy groups -OCH3 is 2. The Morgan fingerprint density at radius 3 is 2.37 bits per heavy atom. The lowest BCUT2D eigenvalue weighted by Gasteiger charge is -2.29. The average molecular weight is 647 g/mol. The Hall–Kier alpha value is -4.86. The molecular weight excluding hydrogens is 609 g/mol. The van der Waals surface area contributed by atoms with Crippen molar-refractivity contribution in [1.82, 2.24) is 19.8 Å². The van der Waals surface area contributed by atoms with E-state index in [1.165, 1.54) is 20.3 Å². The first-order valence-electron chi connectivity index (χ1n) is 14.3. The van der Waals surface area contributed by atoms with E-state index in [1.807, 2.05) is 25.1 Å². The molecule has 0 spiro atoms. The summed E-state index contributed by atoms with van der Waals surface area (Å²) in [6.45, 7) is 1.68. The Balaban J connectivity index is 1.68. The zero-order valence-electron chi connectivity index (χ0n) is 26.4. The number of nitrogens with one attached hydrogen (secondary N) is 2. The number of piperidine rings is 1. The normalized spacial score (nSPS) is 15.1. The van der Waals surface area contributed by atoms with Gasteiger partial charge in [0.05, 0.1) is 30.5 Å². The van der Waals surface area contributed by atoms with E-state index in [1.54, 1.807) is 36.0 Å². The number of nitro benzene ring substituents is 1. The highest BCUT2D eigenvalue weighted by atomic mass is 19.4. The number of nitrogens with zero attached hydrogens (tertiary/aromatic N) is 6. The molecule has 4 rings (SSSR count). The summed E-state index contributed by atoms with van der Waals surface area (Å²) >= 11 is 0. The number of carbonyl (C=O) groups is 1. The summed E-state index contributed by atoms with van der Waals surface area (Å²) in [6, 6.07) is 7.79.